The van der Waals surface area contributed by atoms with Gasteiger partial charge in [-0.3, -0.25) is 10.1 Å². The molecule has 0 bridgehead atoms. The zero-order valence-corrected chi connectivity index (χ0v) is 22.3. The molecule has 1 aromatic carbocycles. The molecule has 2 heterocycles. The van der Waals surface area contributed by atoms with E-state index in [4.69, 9.17) is 14.0 Å². The van der Waals surface area contributed by atoms with E-state index in [1.165, 1.54) is 14.2 Å². The molecule has 4 rings (SSSR count). The summed E-state index contributed by atoms with van der Waals surface area (Å²) in [5.41, 5.74) is 0.975. The molecule has 11 heteroatoms. The number of hydrogen-bond donors (Lipinski definition) is 3. The Hall–Kier alpha value is -4.15. The molecular weight excluding hydrogens is 488 g/mol. The van der Waals surface area contributed by atoms with Crippen LogP contribution in [0.5, 0.6) is 11.8 Å². The molecule has 1 aliphatic rings. The zero-order valence-electron chi connectivity index (χ0n) is 22.3. The van der Waals surface area contributed by atoms with Gasteiger partial charge in [-0.2, -0.15) is 9.97 Å². The van der Waals surface area contributed by atoms with E-state index < -0.39 is 6.03 Å². The first-order valence-electron chi connectivity index (χ1n) is 12.6. The molecule has 202 valence electrons. The number of carbonyl (C=O) groups is 2. The number of hydrogen-bond acceptors (Lipinski definition) is 8. The fourth-order valence-corrected chi connectivity index (χ4v) is 4.39. The third kappa shape index (κ3) is 6.58. The van der Waals surface area contributed by atoms with Crippen LogP contribution in [-0.4, -0.2) is 41.3 Å². The standard InChI is InChI=1S/C27H34N6O5/c1-27(2,3)20-14-21(33-38-20)30-26(35)29-17-12-10-16(11-13-17)28-25(34)19-9-7-6-8-18(19)24-31-22(36-4)15-23(32-24)37-5/h10-15,18-19H,6-9H2,1-5H3,(H,28,34)(H2,29,30,33,35). The van der Waals surface area contributed by atoms with Crippen molar-refractivity contribution < 1.29 is 23.6 Å². The summed E-state index contributed by atoms with van der Waals surface area (Å²) in [6, 6.07) is 9.78. The molecule has 1 fully saturated rings. The van der Waals surface area contributed by atoms with Gasteiger partial charge >= 0.3 is 6.03 Å². The van der Waals surface area contributed by atoms with E-state index in [-0.39, 0.29) is 23.2 Å². The lowest BCUT2D eigenvalue weighted by atomic mass is 9.78. The number of amides is 3. The molecule has 0 spiro atoms. The number of rotatable bonds is 7. The van der Waals surface area contributed by atoms with Crippen molar-refractivity contribution >= 4 is 29.1 Å². The predicted octanol–water partition coefficient (Wildman–Crippen LogP) is 5.34. The highest BCUT2D eigenvalue weighted by molar-refractivity contribution is 5.99. The van der Waals surface area contributed by atoms with Gasteiger partial charge in [-0.25, -0.2) is 4.79 Å². The van der Waals surface area contributed by atoms with Crippen molar-refractivity contribution in [3.05, 3.63) is 48.0 Å². The molecule has 1 aliphatic carbocycles. The Morgan fingerprint density at radius 3 is 2.08 bits per heavy atom. The van der Waals surface area contributed by atoms with Crippen LogP contribution in [0.2, 0.25) is 0 Å². The first-order valence-corrected chi connectivity index (χ1v) is 12.6. The van der Waals surface area contributed by atoms with Gasteiger partial charge in [-0.1, -0.05) is 38.8 Å². The van der Waals surface area contributed by atoms with Gasteiger partial charge in [0, 0.05) is 34.7 Å². The van der Waals surface area contributed by atoms with Gasteiger partial charge < -0.3 is 24.6 Å². The molecule has 3 aromatic rings. The Labute approximate surface area is 221 Å². The zero-order chi connectivity index (χ0) is 27.3. The average Bonchev–Trinajstić information content (AvgIpc) is 3.38. The molecule has 2 atom stereocenters. The van der Waals surface area contributed by atoms with Crippen LogP contribution in [0.15, 0.2) is 40.9 Å². The van der Waals surface area contributed by atoms with Gasteiger partial charge in [0.15, 0.2) is 5.82 Å². The van der Waals surface area contributed by atoms with Crippen molar-refractivity contribution in [3.8, 4) is 11.8 Å². The van der Waals surface area contributed by atoms with Crippen molar-refractivity contribution in [2.24, 2.45) is 5.92 Å². The van der Waals surface area contributed by atoms with Crippen molar-refractivity contribution in [3.63, 3.8) is 0 Å². The minimum absolute atomic E-state index is 0.0979. The second-order valence-corrected chi connectivity index (χ2v) is 10.3. The molecule has 2 aromatic heterocycles. The largest absolute Gasteiger partial charge is 0.481 e. The molecule has 3 N–H and O–H groups in total. The predicted molar refractivity (Wildman–Crippen MR) is 143 cm³/mol. The van der Waals surface area contributed by atoms with E-state index in [2.05, 4.69) is 31.1 Å². The molecule has 2 unspecified atom stereocenters. The smallest absolute Gasteiger partial charge is 0.324 e. The molecule has 11 nitrogen and oxygen atoms in total. The maximum Gasteiger partial charge on any atom is 0.324 e. The number of aromatic nitrogens is 3. The van der Waals surface area contributed by atoms with Crippen LogP contribution >= 0.6 is 0 Å². The Morgan fingerprint density at radius 1 is 0.895 bits per heavy atom. The Morgan fingerprint density at radius 2 is 1.50 bits per heavy atom. The van der Waals surface area contributed by atoms with E-state index in [0.717, 1.165) is 25.7 Å². The average molecular weight is 523 g/mol. The van der Waals surface area contributed by atoms with Crippen molar-refractivity contribution in [2.45, 2.75) is 57.8 Å². The maximum atomic E-state index is 13.3. The number of urea groups is 1. The van der Waals surface area contributed by atoms with Crippen molar-refractivity contribution in [1.82, 2.24) is 15.1 Å². The van der Waals surface area contributed by atoms with Crippen LogP contribution in [0.4, 0.5) is 22.0 Å². The number of nitrogens with one attached hydrogen (secondary N) is 3. The summed E-state index contributed by atoms with van der Waals surface area (Å²) >= 11 is 0. The number of benzene rings is 1. The van der Waals surface area contributed by atoms with Crippen molar-refractivity contribution in [1.29, 1.82) is 0 Å². The summed E-state index contributed by atoms with van der Waals surface area (Å²) in [6.45, 7) is 5.99. The first kappa shape index (κ1) is 26.9. The summed E-state index contributed by atoms with van der Waals surface area (Å²) in [5.74, 6) is 1.83. The number of nitrogens with zero attached hydrogens (tertiary/aromatic N) is 3. The Bertz CT molecular complexity index is 1250. The molecule has 0 aliphatic heterocycles. The molecule has 0 saturated heterocycles. The second-order valence-electron chi connectivity index (χ2n) is 10.3. The van der Waals surface area contributed by atoms with Crippen LogP contribution in [0.1, 0.15) is 64.0 Å². The number of ether oxygens (including phenoxy) is 2. The number of anilines is 3. The molecule has 0 radical (unpaired) electrons. The molecule has 1 saturated carbocycles. The summed E-state index contributed by atoms with van der Waals surface area (Å²) in [4.78, 5) is 34.6. The minimum atomic E-state index is -0.450. The molecule has 38 heavy (non-hydrogen) atoms. The van der Waals surface area contributed by atoms with E-state index >= 15 is 0 Å². The number of carbonyl (C=O) groups excluding carboxylic acids is 2. The van der Waals surface area contributed by atoms with Crippen molar-refractivity contribution in [2.75, 3.05) is 30.2 Å². The normalized spacial score (nSPS) is 17.4. The Kier molecular flexibility index (Phi) is 8.13. The van der Waals surface area contributed by atoms with Gasteiger partial charge in [0.2, 0.25) is 17.7 Å². The summed E-state index contributed by atoms with van der Waals surface area (Å²) in [5, 5.41) is 12.3. The first-order chi connectivity index (χ1) is 18.2. The lowest BCUT2D eigenvalue weighted by Crippen LogP contribution is -2.31. The fourth-order valence-electron chi connectivity index (χ4n) is 4.39. The fraction of sp³-hybridized carbons (Fsp3) is 0.444. The highest BCUT2D eigenvalue weighted by Crippen LogP contribution is 2.38. The van der Waals surface area contributed by atoms with Gasteiger partial charge in [-0.05, 0) is 37.1 Å². The van der Waals surface area contributed by atoms with Gasteiger partial charge in [0.25, 0.3) is 0 Å². The van der Waals surface area contributed by atoms with Crippen LogP contribution in [0.25, 0.3) is 0 Å². The maximum absolute atomic E-state index is 13.3. The monoisotopic (exact) mass is 522 g/mol. The van der Waals surface area contributed by atoms with Crippen LogP contribution in [-0.2, 0) is 10.2 Å². The van der Waals surface area contributed by atoms with Gasteiger partial charge in [-0.15, -0.1) is 0 Å². The third-order valence-electron chi connectivity index (χ3n) is 6.45. The van der Waals surface area contributed by atoms with Crippen LogP contribution in [0.3, 0.4) is 0 Å². The lowest BCUT2D eigenvalue weighted by Gasteiger charge is -2.29. The highest BCUT2D eigenvalue weighted by atomic mass is 16.5. The lowest BCUT2D eigenvalue weighted by molar-refractivity contribution is -0.121. The van der Waals surface area contributed by atoms with Gasteiger partial charge in [0.05, 0.1) is 20.3 Å². The third-order valence-corrected chi connectivity index (χ3v) is 6.45. The molecular formula is C27H34N6O5. The quantitative estimate of drug-likeness (QED) is 0.378. The van der Waals surface area contributed by atoms with E-state index in [1.807, 2.05) is 20.8 Å². The van der Waals surface area contributed by atoms with E-state index in [1.54, 1.807) is 36.4 Å². The minimum Gasteiger partial charge on any atom is -0.481 e. The number of methoxy groups -OCH3 is 2. The topological polar surface area (TPSA) is 140 Å². The summed E-state index contributed by atoms with van der Waals surface area (Å²) < 4.78 is 15.9. The highest BCUT2D eigenvalue weighted by Gasteiger charge is 2.34. The SMILES string of the molecule is COc1cc(OC)nc(C2CCCCC2C(=O)Nc2ccc(NC(=O)Nc3cc(C(C)(C)C)on3)cc2)n1. The summed E-state index contributed by atoms with van der Waals surface area (Å²) in [6.07, 6.45) is 3.48. The molecule has 3 amide bonds. The second kappa shape index (κ2) is 11.5. The Balaban J connectivity index is 1.38. The van der Waals surface area contributed by atoms with E-state index in [0.29, 0.717) is 40.5 Å². The van der Waals surface area contributed by atoms with E-state index in [9.17, 15) is 9.59 Å². The van der Waals surface area contributed by atoms with Gasteiger partial charge in [0.1, 0.15) is 11.6 Å². The van der Waals surface area contributed by atoms with Crippen LogP contribution in [0, 0.1) is 5.92 Å². The van der Waals surface area contributed by atoms with Crippen LogP contribution < -0.4 is 25.4 Å². The summed E-state index contributed by atoms with van der Waals surface area (Å²) in [7, 11) is 3.08.